The molecule has 1 aliphatic rings. The molecule has 0 radical (unpaired) electrons. The van der Waals surface area contributed by atoms with Crippen LogP contribution in [0.25, 0.3) is 0 Å². The summed E-state index contributed by atoms with van der Waals surface area (Å²) >= 11 is 0. The standard InChI is InChI=1S/C12H22N2O3/c1-3-5-12(11(16)17)6-7-14(8-12)10(15)9(13)4-2/h9H,3-8,13H2,1-2H3,(H,16,17). The SMILES string of the molecule is CCCC1(C(=O)O)CCN(C(=O)C(N)CC)C1. The van der Waals surface area contributed by atoms with E-state index < -0.39 is 17.4 Å². The number of carboxylic acid groups (broad SMARTS) is 1. The van der Waals surface area contributed by atoms with E-state index in [1.54, 1.807) is 4.90 Å². The second-order valence-corrected chi connectivity index (χ2v) is 4.86. The Morgan fingerprint density at radius 2 is 2.12 bits per heavy atom. The normalized spacial score (nSPS) is 25.9. The van der Waals surface area contributed by atoms with Crippen molar-refractivity contribution in [3.05, 3.63) is 0 Å². The fourth-order valence-electron chi connectivity index (χ4n) is 2.43. The largest absolute Gasteiger partial charge is 0.481 e. The highest BCUT2D eigenvalue weighted by molar-refractivity contribution is 5.84. The van der Waals surface area contributed by atoms with Gasteiger partial charge in [0.2, 0.25) is 5.91 Å². The molecule has 1 rings (SSSR count). The Balaban J connectivity index is 2.73. The highest BCUT2D eigenvalue weighted by Gasteiger charge is 2.45. The maximum absolute atomic E-state index is 11.9. The van der Waals surface area contributed by atoms with Crippen molar-refractivity contribution in [2.24, 2.45) is 11.1 Å². The Morgan fingerprint density at radius 1 is 1.47 bits per heavy atom. The summed E-state index contributed by atoms with van der Waals surface area (Å²) in [6.45, 7) is 4.64. The van der Waals surface area contributed by atoms with Crippen LogP contribution in [0.15, 0.2) is 0 Å². The number of carboxylic acids is 1. The lowest BCUT2D eigenvalue weighted by atomic mass is 9.83. The van der Waals surface area contributed by atoms with Gasteiger partial charge in [-0.2, -0.15) is 0 Å². The third kappa shape index (κ3) is 2.77. The minimum Gasteiger partial charge on any atom is -0.481 e. The van der Waals surface area contributed by atoms with Gasteiger partial charge in [0, 0.05) is 13.1 Å². The van der Waals surface area contributed by atoms with Gasteiger partial charge >= 0.3 is 5.97 Å². The predicted molar refractivity (Wildman–Crippen MR) is 64.4 cm³/mol. The lowest BCUT2D eigenvalue weighted by Gasteiger charge is -2.25. The molecule has 1 saturated heterocycles. The maximum atomic E-state index is 11.9. The summed E-state index contributed by atoms with van der Waals surface area (Å²) in [5.41, 5.74) is 4.94. The van der Waals surface area contributed by atoms with Crippen LogP contribution in [-0.2, 0) is 9.59 Å². The van der Waals surface area contributed by atoms with Crippen molar-refractivity contribution in [3.8, 4) is 0 Å². The van der Waals surface area contributed by atoms with Gasteiger partial charge < -0.3 is 15.7 Å². The Hall–Kier alpha value is -1.10. The van der Waals surface area contributed by atoms with Crippen LogP contribution < -0.4 is 5.73 Å². The van der Waals surface area contributed by atoms with Gasteiger partial charge in [-0.25, -0.2) is 0 Å². The van der Waals surface area contributed by atoms with Crippen molar-refractivity contribution < 1.29 is 14.7 Å². The molecule has 0 aromatic rings. The quantitative estimate of drug-likeness (QED) is 0.748. The van der Waals surface area contributed by atoms with Crippen LogP contribution in [-0.4, -0.2) is 41.0 Å². The van der Waals surface area contributed by atoms with E-state index in [0.29, 0.717) is 32.4 Å². The molecule has 17 heavy (non-hydrogen) atoms. The highest BCUT2D eigenvalue weighted by Crippen LogP contribution is 2.35. The monoisotopic (exact) mass is 242 g/mol. The number of carbonyl (C=O) groups excluding carboxylic acids is 1. The summed E-state index contributed by atoms with van der Waals surface area (Å²) in [5.74, 6) is -0.911. The number of hydrogen-bond acceptors (Lipinski definition) is 3. The molecule has 1 aliphatic heterocycles. The van der Waals surface area contributed by atoms with Crippen LogP contribution in [0.2, 0.25) is 0 Å². The minimum atomic E-state index is -0.792. The van der Waals surface area contributed by atoms with Crippen molar-refractivity contribution in [1.82, 2.24) is 4.90 Å². The Labute approximate surface area is 102 Å². The van der Waals surface area contributed by atoms with Crippen molar-refractivity contribution in [2.45, 2.75) is 45.6 Å². The average molecular weight is 242 g/mol. The van der Waals surface area contributed by atoms with Gasteiger partial charge in [-0.3, -0.25) is 9.59 Å². The number of carbonyl (C=O) groups is 2. The van der Waals surface area contributed by atoms with Gasteiger partial charge in [0.05, 0.1) is 11.5 Å². The van der Waals surface area contributed by atoms with Crippen LogP contribution in [0, 0.1) is 5.41 Å². The van der Waals surface area contributed by atoms with Crippen molar-refractivity contribution in [2.75, 3.05) is 13.1 Å². The first-order valence-corrected chi connectivity index (χ1v) is 6.24. The molecule has 2 atom stereocenters. The molecule has 0 saturated carbocycles. The predicted octanol–water partition coefficient (Wildman–Crippen LogP) is 0.827. The van der Waals surface area contributed by atoms with Crippen LogP contribution >= 0.6 is 0 Å². The zero-order valence-corrected chi connectivity index (χ0v) is 10.6. The molecule has 3 N–H and O–H groups in total. The zero-order valence-electron chi connectivity index (χ0n) is 10.6. The van der Waals surface area contributed by atoms with Crippen LogP contribution in [0.1, 0.15) is 39.5 Å². The van der Waals surface area contributed by atoms with E-state index in [2.05, 4.69) is 0 Å². The van der Waals surface area contributed by atoms with Gasteiger partial charge in [0.1, 0.15) is 0 Å². The van der Waals surface area contributed by atoms with Gasteiger partial charge in [0.15, 0.2) is 0 Å². The maximum Gasteiger partial charge on any atom is 0.311 e. The van der Waals surface area contributed by atoms with E-state index in [1.165, 1.54) is 0 Å². The average Bonchev–Trinajstić information content (AvgIpc) is 2.73. The Morgan fingerprint density at radius 3 is 2.59 bits per heavy atom. The third-order valence-electron chi connectivity index (χ3n) is 3.60. The van der Waals surface area contributed by atoms with Gasteiger partial charge in [-0.15, -0.1) is 0 Å². The fourth-order valence-corrected chi connectivity index (χ4v) is 2.43. The third-order valence-corrected chi connectivity index (χ3v) is 3.60. The molecule has 1 heterocycles. The summed E-state index contributed by atoms with van der Waals surface area (Å²) in [6.07, 6.45) is 2.56. The smallest absolute Gasteiger partial charge is 0.311 e. The van der Waals surface area contributed by atoms with Crippen molar-refractivity contribution in [3.63, 3.8) is 0 Å². The topological polar surface area (TPSA) is 83.6 Å². The van der Waals surface area contributed by atoms with E-state index in [-0.39, 0.29) is 5.91 Å². The molecule has 0 bridgehead atoms. The lowest BCUT2D eigenvalue weighted by molar-refractivity contribution is -0.149. The number of nitrogens with two attached hydrogens (primary N) is 1. The van der Waals surface area contributed by atoms with Crippen LogP contribution in [0.4, 0.5) is 0 Å². The van der Waals surface area contributed by atoms with Crippen LogP contribution in [0.3, 0.4) is 0 Å². The molecule has 0 aromatic heterocycles. The summed E-state index contributed by atoms with van der Waals surface area (Å²) < 4.78 is 0. The van der Waals surface area contributed by atoms with E-state index in [1.807, 2.05) is 13.8 Å². The first-order chi connectivity index (χ1) is 7.96. The van der Waals surface area contributed by atoms with Gasteiger partial charge in [-0.05, 0) is 19.3 Å². The van der Waals surface area contributed by atoms with E-state index >= 15 is 0 Å². The molecule has 0 aliphatic carbocycles. The minimum absolute atomic E-state index is 0.119. The fraction of sp³-hybridized carbons (Fsp3) is 0.833. The first-order valence-electron chi connectivity index (χ1n) is 6.24. The molecular weight excluding hydrogens is 220 g/mol. The Kier molecular flexibility index (Phi) is 4.51. The van der Waals surface area contributed by atoms with Crippen molar-refractivity contribution in [1.29, 1.82) is 0 Å². The molecule has 0 spiro atoms. The second kappa shape index (κ2) is 5.49. The highest BCUT2D eigenvalue weighted by atomic mass is 16.4. The van der Waals surface area contributed by atoms with E-state index in [4.69, 9.17) is 5.73 Å². The number of hydrogen-bond donors (Lipinski definition) is 2. The Bertz CT molecular complexity index is 306. The molecule has 2 unspecified atom stereocenters. The molecule has 0 aromatic carbocycles. The van der Waals surface area contributed by atoms with E-state index in [0.717, 1.165) is 6.42 Å². The number of aliphatic carboxylic acids is 1. The number of rotatable bonds is 5. The number of amides is 1. The zero-order chi connectivity index (χ0) is 13.1. The molecule has 5 heteroatoms. The summed E-state index contributed by atoms with van der Waals surface area (Å²) in [7, 11) is 0. The van der Waals surface area contributed by atoms with E-state index in [9.17, 15) is 14.7 Å². The van der Waals surface area contributed by atoms with Gasteiger partial charge in [-0.1, -0.05) is 20.3 Å². The number of nitrogens with zero attached hydrogens (tertiary/aromatic N) is 1. The summed E-state index contributed by atoms with van der Waals surface area (Å²) in [4.78, 5) is 24.9. The molecule has 1 amide bonds. The first kappa shape index (κ1) is 14.0. The molecular formula is C12H22N2O3. The van der Waals surface area contributed by atoms with Crippen molar-refractivity contribution >= 4 is 11.9 Å². The lowest BCUT2D eigenvalue weighted by Crippen LogP contribution is -2.44. The molecule has 98 valence electrons. The molecule has 5 nitrogen and oxygen atoms in total. The van der Waals surface area contributed by atoms with Gasteiger partial charge in [0.25, 0.3) is 0 Å². The number of likely N-dealkylation sites (tertiary alicyclic amines) is 1. The molecule has 1 fully saturated rings. The van der Waals surface area contributed by atoms with Crippen LogP contribution in [0.5, 0.6) is 0 Å². The summed E-state index contributed by atoms with van der Waals surface area (Å²) in [6, 6.07) is -0.499. The second-order valence-electron chi connectivity index (χ2n) is 4.86. The summed E-state index contributed by atoms with van der Waals surface area (Å²) in [5, 5.41) is 9.32.